The number of allylic oxidation sites excluding steroid dienone is 18. The molecule has 1 unspecified atom stereocenters. The summed E-state index contributed by atoms with van der Waals surface area (Å²) >= 11 is 0. The predicted octanol–water partition coefficient (Wildman–Crippen LogP) is 15.5. The summed E-state index contributed by atoms with van der Waals surface area (Å²) in [6, 6.07) is 0. The van der Waals surface area contributed by atoms with Crippen LogP contribution in [0.15, 0.2) is 109 Å². The summed E-state index contributed by atoms with van der Waals surface area (Å²) in [7, 11) is 0. The molecule has 0 bridgehead atoms. The van der Waals surface area contributed by atoms with E-state index < -0.39 is 6.10 Å². The van der Waals surface area contributed by atoms with Crippen LogP contribution in [0.5, 0.6) is 0 Å². The van der Waals surface area contributed by atoms with Gasteiger partial charge in [-0.3, -0.25) is 4.79 Å². The fraction of sp³-hybridized carbons (Fsp3) is 0.635. The minimum Gasteiger partial charge on any atom is -0.457 e. The second kappa shape index (κ2) is 48.2. The standard InChI is InChI=1S/C52H86O4/c1-3-5-7-9-11-13-15-17-19-21-23-24-25-26-27-28-29-30-32-34-36-38-40-42-44-46-48-55-50-51(49-53)56-52(54)47-45-43-41-39-37-35-33-31-22-20-18-16-14-12-10-8-6-4-2/h5,7,11,13-14,16-17,19-20,22-24,26-27,29-30,34,36,51,53H,3-4,6,8-10,12,15,18,21,25,28,31-33,35,37-50H2,1-2H3/b7-5-,13-11-,16-14-,19-17-,22-20-,24-23-,27-26-,30-29-,36-34-. The Morgan fingerprint density at radius 2 is 0.804 bits per heavy atom. The summed E-state index contributed by atoms with van der Waals surface area (Å²) in [5, 5.41) is 9.62. The van der Waals surface area contributed by atoms with Crippen LogP contribution < -0.4 is 0 Å². The Morgan fingerprint density at radius 3 is 1.21 bits per heavy atom. The molecule has 0 amide bonds. The molecule has 0 fully saturated rings. The summed E-state index contributed by atoms with van der Waals surface area (Å²) in [5.41, 5.74) is 0. The molecule has 1 N–H and O–H groups in total. The molecule has 4 heteroatoms. The maximum absolute atomic E-state index is 12.2. The molecule has 0 spiro atoms. The molecule has 0 aromatic rings. The van der Waals surface area contributed by atoms with Crippen molar-refractivity contribution in [2.24, 2.45) is 0 Å². The number of hydrogen-bond donors (Lipinski definition) is 1. The highest BCUT2D eigenvalue weighted by molar-refractivity contribution is 5.69. The van der Waals surface area contributed by atoms with Crippen molar-refractivity contribution in [3.05, 3.63) is 109 Å². The first-order valence-electron chi connectivity index (χ1n) is 23.0. The molecule has 0 radical (unpaired) electrons. The highest BCUT2D eigenvalue weighted by atomic mass is 16.6. The Kier molecular flexibility index (Phi) is 45.7. The van der Waals surface area contributed by atoms with E-state index in [1.807, 2.05) is 0 Å². The zero-order valence-corrected chi connectivity index (χ0v) is 36.4. The Labute approximate surface area is 346 Å². The minimum atomic E-state index is -0.561. The van der Waals surface area contributed by atoms with E-state index in [0.29, 0.717) is 13.0 Å². The Balaban J connectivity index is 3.57. The molecule has 0 saturated heterocycles. The van der Waals surface area contributed by atoms with Gasteiger partial charge in [0, 0.05) is 13.0 Å². The Bertz CT molecular complexity index is 1090. The third-order valence-corrected chi connectivity index (χ3v) is 9.33. The molecule has 0 aromatic heterocycles. The quantitative estimate of drug-likeness (QED) is 0.0382. The zero-order chi connectivity index (χ0) is 40.5. The van der Waals surface area contributed by atoms with Gasteiger partial charge in [-0.25, -0.2) is 0 Å². The van der Waals surface area contributed by atoms with Gasteiger partial charge in [-0.05, 0) is 103 Å². The second-order valence-electron chi connectivity index (χ2n) is 14.7. The van der Waals surface area contributed by atoms with Gasteiger partial charge in [-0.1, -0.05) is 187 Å². The van der Waals surface area contributed by atoms with Crippen LogP contribution in [0.4, 0.5) is 0 Å². The largest absolute Gasteiger partial charge is 0.457 e. The van der Waals surface area contributed by atoms with E-state index in [2.05, 4.69) is 123 Å². The number of carbonyl (C=O) groups is 1. The lowest BCUT2D eigenvalue weighted by atomic mass is 10.1. The zero-order valence-electron chi connectivity index (χ0n) is 36.4. The first-order chi connectivity index (χ1) is 27.7. The number of aliphatic hydroxyl groups excluding tert-OH is 1. The summed E-state index contributed by atoms with van der Waals surface area (Å²) in [6.07, 6.45) is 70.1. The third kappa shape index (κ3) is 45.4. The topological polar surface area (TPSA) is 55.8 Å². The van der Waals surface area contributed by atoms with Gasteiger partial charge in [0.15, 0.2) is 0 Å². The number of rotatable bonds is 41. The molecule has 0 saturated carbocycles. The molecular formula is C52H86O4. The van der Waals surface area contributed by atoms with Gasteiger partial charge in [0.25, 0.3) is 0 Å². The number of carbonyl (C=O) groups excluding carboxylic acids is 1. The summed E-state index contributed by atoms with van der Waals surface area (Å²) < 4.78 is 11.2. The average Bonchev–Trinajstić information content (AvgIpc) is 3.20. The van der Waals surface area contributed by atoms with Crippen LogP contribution >= 0.6 is 0 Å². The van der Waals surface area contributed by atoms with Gasteiger partial charge >= 0.3 is 5.97 Å². The SMILES string of the molecule is CC/C=C\C/C=C\C/C=C\C/C=C\C/C=C\C/C=C\C/C=C\CCCCCCOCC(CO)OC(=O)CCCCCCCCC/C=C\C/C=C\CCCCCC. The molecule has 0 aliphatic rings. The number of aliphatic hydroxyl groups is 1. The van der Waals surface area contributed by atoms with Gasteiger partial charge in [-0.2, -0.15) is 0 Å². The molecule has 4 nitrogen and oxygen atoms in total. The maximum atomic E-state index is 12.2. The van der Waals surface area contributed by atoms with E-state index >= 15 is 0 Å². The van der Waals surface area contributed by atoms with Gasteiger partial charge in [0.1, 0.15) is 6.10 Å². The van der Waals surface area contributed by atoms with Crippen molar-refractivity contribution in [1.29, 1.82) is 0 Å². The van der Waals surface area contributed by atoms with Gasteiger partial charge < -0.3 is 14.6 Å². The van der Waals surface area contributed by atoms with E-state index in [1.54, 1.807) is 0 Å². The smallest absolute Gasteiger partial charge is 0.306 e. The molecule has 0 heterocycles. The number of esters is 1. The van der Waals surface area contributed by atoms with E-state index in [9.17, 15) is 9.90 Å². The fourth-order valence-electron chi connectivity index (χ4n) is 5.93. The van der Waals surface area contributed by atoms with Gasteiger partial charge in [0.05, 0.1) is 13.2 Å². The van der Waals surface area contributed by atoms with Crippen LogP contribution in [0.25, 0.3) is 0 Å². The van der Waals surface area contributed by atoms with Crippen LogP contribution in [0, 0.1) is 0 Å². The van der Waals surface area contributed by atoms with Crippen LogP contribution in [-0.4, -0.2) is 37.0 Å². The summed E-state index contributed by atoms with van der Waals surface area (Å²) in [4.78, 5) is 12.2. The second-order valence-corrected chi connectivity index (χ2v) is 14.7. The van der Waals surface area contributed by atoms with Gasteiger partial charge in [0.2, 0.25) is 0 Å². The van der Waals surface area contributed by atoms with Crippen molar-refractivity contribution in [3.8, 4) is 0 Å². The number of unbranched alkanes of at least 4 members (excludes halogenated alkanes) is 15. The number of hydrogen-bond acceptors (Lipinski definition) is 4. The molecule has 0 rings (SSSR count). The van der Waals surface area contributed by atoms with Crippen LogP contribution in [0.3, 0.4) is 0 Å². The Hall–Kier alpha value is -2.95. The van der Waals surface area contributed by atoms with E-state index in [1.165, 1.54) is 83.5 Å². The molecule has 318 valence electrons. The first-order valence-corrected chi connectivity index (χ1v) is 23.0. The van der Waals surface area contributed by atoms with E-state index in [0.717, 1.165) is 83.5 Å². The molecule has 1 atom stereocenters. The van der Waals surface area contributed by atoms with Crippen molar-refractivity contribution in [1.82, 2.24) is 0 Å². The summed E-state index contributed by atoms with van der Waals surface area (Å²) in [6.45, 7) is 5.13. The lowest BCUT2D eigenvalue weighted by molar-refractivity contribution is -0.154. The highest BCUT2D eigenvalue weighted by Gasteiger charge is 2.13. The van der Waals surface area contributed by atoms with Crippen molar-refractivity contribution in [2.75, 3.05) is 19.8 Å². The van der Waals surface area contributed by atoms with E-state index in [4.69, 9.17) is 9.47 Å². The van der Waals surface area contributed by atoms with Crippen molar-refractivity contribution in [3.63, 3.8) is 0 Å². The highest BCUT2D eigenvalue weighted by Crippen LogP contribution is 2.12. The third-order valence-electron chi connectivity index (χ3n) is 9.33. The predicted molar refractivity (Wildman–Crippen MR) is 246 cm³/mol. The van der Waals surface area contributed by atoms with Crippen molar-refractivity contribution in [2.45, 2.75) is 193 Å². The minimum absolute atomic E-state index is 0.193. The Morgan fingerprint density at radius 1 is 0.446 bits per heavy atom. The maximum Gasteiger partial charge on any atom is 0.306 e. The summed E-state index contributed by atoms with van der Waals surface area (Å²) in [5.74, 6) is -0.223. The number of ether oxygens (including phenoxy) is 2. The van der Waals surface area contributed by atoms with Crippen LogP contribution in [0.2, 0.25) is 0 Å². The lowest BCUT2D eigenvalue weighted by Crippen LogP contribution is -2.27. The van der Waals surface area contributed by atoms with Crippen LogP contribution in [-0.2, 0) is 14.3 Å². The average molecular weight is 775 g/mol. The first kappa shape index (κ1) is 53.0. The van der Waals surface area contributed by atoms with Crippen molar-refractivity contribution < 1.29 is 19.4 Å². The van der Waals surface area contributed by atoms with Crippen molar-refractivity contribution >= 4 is 5.97 Å². The molecule has 0 aliphatic heterocycles. The normalized spacial score (nSPS) is 13.4. The lowest BCUT2D eigenvalue weighted by Gasteiger charge is -2.15. The van der Waals surface area contributed by atoms with E-state index in [-0.39, 0.29) is 19.2 Å². The molecular weight excluding hydrogens is 689 g/mol. The van der Waals surface area contributed by atoms with Gasteiger partial charge in [-0.15, -0.1) is 0 Å². The monoisotopic (exact) mass is 775 g/mol. The fourth-order valence-corrected chi connectivity index (χ4v) is 5.93. The molecule has 0 aromatic carbocycles. The van der Waals surface area contributed by atoms with Crippen LogP contribution in [0.1, 0.15) is 187 Å². The molecule has 0 aliphatic carbocycles. The molecule has 56 heavy (non-hydrogen) atoms.